The Morgan fingerprint density at radius 1 is 1.33 bits per heavy atom. The summed E-state index contributed by atoms with van der Waals surface area (Å²) >= 11 is 0. The summed E-state index contributed by atoms with van der Waals surface area (Å²) in [5, 5.41) is 6.62. The van der Waals surface area contributed by atoms with E-state index in [1.807, 2.05) is 0 Å². The van der Waals surface area contributed by atoms with Crippen LogP contribution in [0.4, 0.5) is 0 Å². The normalized spacial score (nSPS) is 26.2. The van der Waals surface area contributed by atoms with Crippen molar-refractivity contribution in [2.45, 2.75) is 44.7 Å². The SMILES string of the molecule is Cc1ccc2c(c1)C(NCC1CCC(=O)N1)CC2. The summed E-state index contributed by atoms with van der Waals surface area (Å²) in [5.41, 5.74) is 4.27. The molecule has 1 aliphatic carbocycles. The van der Waals surface area contributed by atoms with Crippen molar-refractivity contribution in [3.8, 4) is 0 Å². The van der Waals surface area contributed by atoms with Crippen LogP contribution in [-0.2, 0) is 11.2 Å². The summed E-state index contributed by atoms with van der Waals surface area (Å²) in [6.45, 7) is 3.04. The van der Waals surface area contributed by atoms with Crippen molar-refractivity contribution in [2.75, 3.05) is 6.54 Å². The molecule has 3 rings (SSSR count). The van der Waals surface area contributed by atoms with E-state index in [2.05, 4.69) is 35.8 Å². The Kier molecular flexibility index (Phi) is 3.08. The molecule has 1 fully saturated rings. The van der Waals surface area contributed by atoms with E-state index in [1.165, 1.54) is 29.5 Å². The van der Waals surface area contributed by atoms with E-state index in [0.29, 0.717) is 18.5 Å². The van der Waals surface area contributed by atoms with Crippen LogP contribution in [0.15, 0.2) is 18.2 Å². The van der Waals surface area contributed by atoms with Crippen LogP contribution in [0.5, 0.6) is 0 Å². The fraction of sp³-hybridized carbons (Fsp3) is 0.533. The monoisotopic (exact) mass is 244 g/mol. The first kappa shape index (κ1) is 11.7. The molecule has 1 aromatic rings. The fourth-order valence-electron chi connectivity index (χ4n) is 3.05. The zero-order chi connectivity index (χ0) is 12.5. The zero-order valence-corrected chi connectivity index (χ0v) is 10.8. The Balaban J connectivity index is 1.62. The van der Waals surface area contributed by atoms with Gasteiger partial charge in [0.05, 0.1) is 0 Å². The van der Waals surface area contributed by atoms with Gasteiger partial charge in [0, 0.05) is 25.0 Å². The maximum absolute atomic E-state index is 11.2. The average molecular weight is 244 g/mol. The number of nitrogens with one attached hydrogen (secondary N) is 2. The molecule has 1 heterocycles. The first-order valence-electron chi connectivity index (χ1n) is 6.84. The van der Waals surface area contributed by atoms with E-state index in [4.69, 9.17) is 0 Å². The summed E-state index contributed by atoms with van der Waals surface area (Å²) < 4.78 is 0. The molecule has 2 aliphatic rings. The number of carbonyl (C=O) groups is 1. The molecule has 0 spiro atoms. The summed E-state index contributed by atoms with van der Waals surface area (Å²) in [7, 11) is 0. The summed E-state index contributed by atoms with van der Waals surface area (Å²) in [5.74, 6) is 0.199. The van der Waals surface area contributed by atoms with Gasteiger partial charge in [0.25, 0.3) is 0 Å². The molecule has 18 heavy (non-hydrogen) atoms. The molecule has 0 aromatic heterocycles. The Morgan fingerprint density at radius 2 is 2.22 bits per heavy atom. The molecule has 1 amide bonds. The van der Waals surface area contributed by atoms with Crippen LogP contribution in [0.1, 0.15) is 42.0 Å². The number of aryl methyl sites for hydroxylation is 2. The molecular formula is C15H20N2O. The molecule has 1 aromatic carbocycles. The van der Waals surface area contributed by atoms with E-state index in [1.54, 1.807) is 0 Å². The van der Waals surface area contributed by atoms with Crippen LogP contribution in [0.2, 0.25) is 0 Å². The lowest BCUT2D eigenvalue weighted by molar-refractivity contribution is -0.119. The van der Waals surface area contributed by atoms with E-state index >= 15 is 0 Å². The second-order valence-electron chi connectivity index (χ2n) is 5.50. The van der Waals surface area contributed by atoms with Gasteiger partial charge in [-0.3, -0.25) is 4.79 Å². The topological polar surface area (TPSA) is 41.1 Å². The first-order chi connectivity index (χ1) is 8.72. The van der Waals surface area contributed by atoms with Gasteiger partial charge in [0.15, 0.2) is 0 Å². The molecule has 96 valence electrons. The van der Waals surface area contributed by atoms with E-state index in [0.717, 1.165) is 13.0 Å². The Hall–Kier alpha value is -1.35. The van der Waals surface area contributed by atoms with Crippen LogP contribution in [0.25, 0.3) is 0 Å². The average Bonchev–Trinajstić information content (AvgIpc) is 2.93. The number of carbonyl (C=O) groups excluding carboxylic acids is 1. The molecule has 1 saturated heterocycles. The lowest BCUT2D eigenvalue weighted by Crippen LogP contribution is -2.36. The highest BCUT2D eigenvalue weighted by Crippen LogP contribution is 2.31. The third-order valence-corrected chi connectivity index (χ3v) is 4.07. The number of fused-ring (bicyclic) bond motifs is 1. The standard InChI is InChI=1S/C15H20N2O/c1-10-2-3-11-4-6-14(13(11)8-10)16-9-12-5-7-15(18)17-12/h2-3,8,12,14,16H,4-7,9H2,1H3,(H,17,18). The van der Waals surface area contributed by atoms with Crippen LogP contribution in [0.3, 0.4) is 0 Å². The maximum Gasteiger partial charge on any atom is 0.220 e. The van der Waals surface area contributed by atoms with Gasteiger partial charge >= 0.3 is 0 Å². The van der Waals surface area contributed by atoms with Gasteiger partial charge in [-0.05, 0) is 37.3 Å². The minimum Gasteiger partial charge on any atom is -0.352 e. The van der Waals surface area contributed by atoms with Crippen molar-refractivity contribution < 1.29 is 4.79 Å². The van der Waals surface area contributed by atoms with Gasteiger partial charge < -0.3 is 10.6 Å². The largest absolute Gasteiger partial charge is 0.352 e. The third-order valence-electron chi connectivity index (χ3n) is 4.07. The molecule has 3 nitrogen and oxygen atoms in total. The highest BCUT2D eigenvalue weighted by molar-refractivity contribution is 5.78. The smallest absolute Gasteiger partial charge is 0.220 e. The first-order valence-corrected chi connectivity index (χ1v) is 6.84. The number of amides is 1. The van der Waals surface area contributed by atoms with Gasteiger partial charge in [0.2, 0.25) is 5.91 Å². The van der Waals surface area contributed by atoms with Crippen LogP contribution >= 0.6 is 0 Å². The number of hydrogen-bond donors (Lipinski definition) is 2. The Morgan fingerprint density at radius 3 is 3.00 bits per heavy atom. The molecule has 0 radical (unpaired) electrons. The Bertz CT molecular complexity index is 470. The molecule has 3 heteroatoms. The number of hydrogen-bond acceptors (Lipinski definition) is 2. The molecule has 2 N–H and O–H groups in total. The van der Waals surface area contributed by atoms with Crippen molar-refractivity contribution >= 4 is 5.91 Å². The zero-order valence-electron chi connectivity index (χ0n) is 10.8. The molecule has 1 aliphatic heterocycles. The Labute approximate surface area is 108 Å². The van der Waals surface area contributed by atoms with Gasteiger partial charge in [-0.25, -0.2) is 0 Å². The fourth-order valence-corrected chi connectivity index (χ4v) is 3.05. The predicted molar refractivity (Wildman–Crippen MR) is 71.4 cm³/mol. The van der Waals surface area contributed by atoms with Crippen molar-refractivity contribution in [1.82, 2.24) is 10.6 Å². The van der Waals surface area contributed by atoms with Crippen LogP contribution in [0, 0.1) is 6.92 Å². The predicted octanol–water partition coefficient (Wildman–Crippen LogP) is 1.85. The summed E-state index contributed by atoms with van der Waals surface area (Å²) in [6.07, 6.45) is 4.01. The molecule has 2 unspecified atom stereocenters. The third kappa shape index (κ3) is 2.27. The van der Waals surface area contributed by atoms with E-state index in [9.17, 15) is 4.79 Å². The van der Waals surface area contributed by atoms with E-state index in [-0.39, 0.29) is 5.91 Å². The van der Waals surface area contributed by atoms with Gasteiger partial charge in [-0.1, -0.05) is 23.8 Å². The molecule has 0 saturated carbocycles. The van der Waals surface area contributed by atoms with Gasteiger partial charge in [0.1, 0.15) is 0 Å². The van der Waals surface area contributed by atoms with Crippen molar-refractivity contribution in [3.05, 3.63) is 34.9 Å². The van der Waals surface area contributed by atoms with Crippen LogP contribution < -0.4 is 10.6 Å². The van der Waals surface area contributed by atoms with Crippen molar-refractivity contribution in [3.63, 3.8) is 0 Å². The maximum atomic E-state index is 11.2. The highest BCUT2D eigenvalue weighted by atomic mass is 16.1. The highest BCUT2D eigenvalue weighted by Gasteiger charge is 2.25. The number of benzene rings is 1. The molecular weight excluding hydrogens is 224 g/mol. The minimum atomic E-state index is 0.199. The quantitative estimate of drug-likeness (QED) is 0.852. The number of rotatable bonds is 3. The minimum absolute atomic E-state index is 0.199. The van der Waals surface area contributed by atoms with Gasteiger partial charge in [-0.15, -0.1) is 0 Å². The lowest BCUT2D eigenvalue weighted by Gasteiger charge is -2.18. The van der Waals surface area contributed by atoms with Crippen molar-refractivity contribution in [2.24, 2.45) is 0 Å². The van der Waals surface area contributed by atoms with Gasteiger partial charge in [-0.2, -0.15) is 0 Å². The summed E-state index contributed by atoms with van der Waals surface area (Å²) in [4.78, 5) is 11.2. The molecule has 0 bridgehead atoms. The second kappa shape index (κ2) is 4.73. The van der Waals surface area contributed by atoms with Crippen molar-refractivity contribution in [1.29, 1.82) is 0 Å². The summed E-state index contributed by atoms with van der Waals surface area (Å²) in [6, 6.07) is 7.54. The van der Waals surface area contributed by atoms with E-state index < -0.39 is 0 Å². The van der Waals surface area contributed by atoms with Crippen LogP contribution in [-0.4, -0.2) is 18.5 Å². The lowest BCUT2D eigenvalue weighted by atomic mass is 10.0. The molecule has 2 atom stereocenters. The second-order valence-corrected chi connectivity index (χ2v) is 5.50.